The van der Waals surface area contributed by atoms with E-state index in [1.165, 1.54) is 7.11 Å². The Kier molecular flexibility index (Phi) is 4.29. The first-order chi connectivity index (χ1) is 8.01. The molecule has 0 aliphatic heterocycles. The van der Waals surface area contributed by atoms with Crippen molar-refractivity contribution in [3.63, 3.8) is 0 Å². The van der Waals surface area contributed by atoms with Gasteiger partial charge in [-0.25, -0.2) is 4.79 Å². The van der Waals surface area contributed by atoms with E-state index in [0.717, 1.165) is 0 Å². The smallest absolute Gasteiger partial charge is 0.340 e. The summed E-state index contributed by atoms with van der Waals surface area (Å²) in [7, 11) is 1.29. The van der Waals surface area contributed by atoms with Gasteiger partial charge in [-0.05, 0) is 31.8 Å². The molecule has 0 aromatic heterocycles. The van der Waals surface area contributed by atoms with Crippen LogP contribution in [0.25, 0.3) is 5.57 Å². The lowest BCUT2D eigenvalue weighted by atomic mass is 10.0. The minimum atomic E-state index is -0.530. The van der Waals surface area contributed by atoms with Gasteiger partial charge >= 0.3 is 5.97 Å². The highest BCUT2D eigenvalue weighted by Crippen LogP contribution is 2.30. The summed E-state index contributed by atoms with van der Waals surface area (Å²) in [5.41, 5.74) is 7.32. The van der Waals surface area contributed by atoms with E-state index in [1.807, 2.05) is 0 Å². The number of carbonyl (C=O) groups excluding carboxylic acids is 1. The number of benzene rings is 1. The number of nitrogens with two attached hydrogens (primary N) is 1. The van der Waals surface area contributed by atoms with Gasteiger partial charge in [0.15, 0.2) is 0 Å². The van der Waals surface area contributed by atoms with Gasteiger partial charge < -0.3 is 10.5 Å². The first-order valence-corrected chi connectivity index (χ1v) is 5.20. The van der Waals surface area contributed by atoms with Crippen molar-refractivity contribution in [2.75, 3.05) is 7.11 Å². The average Bonchev–Trinajstić information content (AvgIpc) is 2.29. The third-order valence-corrected chi connectivity index (χ3v) is 2.42. The lowest BCUT2D eigenvalue weighted by Gasteiger charge is -2.10. The van der Waals surface area contributed by atoms with Gasteiger partial charge in [0.05, 0.1) is 18.4 Å². The van der Waals surface area contributed by atoms with E-state index in [1.54, 1.807) is 25.1 Å². The number of hydrogen-bond acceptors (Lipinski definition) is 4. The van der Waals surface area contributed by atoms with Gasteiger partial charge in [0.1, 0.15) is 0 Å². The molecule has 0 amide bonds. The van der Waals surface area contributed by atoms with Crippen LogP contribution in [0, 0.1) is 0 Å². The number of methoxy groups -OCH3 is 1. The van der Waals surface area contributed by atoms with Crippen molar-refractivity contribution < 1.29 is 9.53 Å². The number of aliphatic imine (C=N–C) groups is 1. The van der Waals surface area contributed by atoms with Gasteiger partial charge in [-0.3, -0.25) is 4.99 Å². The zero-order valence-corrected chi connectivity index (χ0v) is 10.4. The topological polar surface area (TPSA) is 64.7 Å². The maximum Gasteiger partial charge on any atom is 0.340 e. The van der Waals surface area contributed by atoms with Crippen molar-refractivity contribution >= 4 is 35.5 Å². The fourth-order valence-corrected chi connectivity index (χ4v) is 1.60. The molecule has 0 unspecified atom stereocenters. The number of ether oxygens (including phenoxy) is 1. The fourth-order valence-electron chi connectivity index (χ4n) is 1.43. The monoisotopic (exact) mass is 252 g/mol. The number of esters is 1. The van der Waals surface area contributed by atoms with Crippen LogP contribution in [0.1, 0.15) is 12.5 Å². The molecule has 1 aromatic rings. The largest absolute Gasteiger partial charge is 0.465 e. The molecule has 0 heterocycles. The van der Waals surface area contributed by atoms with Gasteiger partial charge in [0.25, 0.3) is 0 Å². The summed E-state index contributed by atoms with van der Waals surface area (Å²) in [5.74, 6) is -0.530. The standard InChI is InChI=1S/C12H13ClN2O2/c1-7(14)11(12(16)17-3)9-6-8(13)4-5-10(9)15-2/h4-6H,2,14H2,1,3H3/b11-7-. The zero-order valence-electron chi connectivity index (χ0n) is 9.66. The summed E-state index contributed by atoms with van der Waals surface area (Å²) in [4.78, 5) is 15.5. The Balaban J connectivity index is 3.48. The Morgan fingerprint density at radius 3 is 2.65 bits per heavy atom. The number of hydrogen-bond donors (Lipinski definition) is 1. The predicted octanol–water partition coefficient (Wildman–Crippen LogP) is 2.53. The van der Waals surface area contributed by atoms with Gasteiger partial charge in [-0.2, -0.15) is 0 Å². The van der Waals surface area contributed by atoms with Gasteiger partial charge in [0.2, 0.25) is 0 Å². The molecule has 0 aliphatic carbocycles. The lowest BCUT2D eigenvalue weighted by molar-refractivity contribution is -0.133. The lowest BCUT2D eigenvalue weighted by Crippen LogP contribution is -2.10. The zero-order chi connectivity index (χ0) is 13.0. The normalized spacial score (nSPS) is 11.7. The summed E-state index contributed by atoms with van der Waals surface area (Å²) in [6.07, 6.45) is 0. The highest BCUT2D eigenvalue weighted by molar-refractivity contribution is 6.31. The Labute approximate surface area is 105 Å². The second-order valence-electron chi connectivity index (χ2n) is 3.37. The molecule has 1 aromatic carbocycles. The second kappa shape index (κ2) is 5.50. The Hall–Kier alpha value is -1.81. The Morgan fingerprint density at radius 1 is 1.53 bits per heavy atom. The molecule has 2 N–H and O–H groups in total. The van der Waals surface area contributed by atoms with Crippen LogP contribution in [0.15, 0.2) is 28.9 Å². The van der Waals surface area contributed by atoms with Crippen molar-refractivity contribution in [1.82, 2.24) is 0 Å². The van der Waals surface area contributed by atoms with Crippen LogP contribution in [0.5, 0.6) is 0 Å². The quantitative estimate of drug-likeness (QED) is 0.511. The van der Waals surface area contributed by atoms with Crippen molar-refractivity contribution in [2.24, 2.45) is 10.7 Å². The average molecular weight is 253 g/mol. The fraction of sp³-hybridized carbons (Fsp3) is 0.167. The molecule has 0 saturated heterocycles. The SMILES string of the molecule is C=Nc1ccc(Cl)cc1/C(C(=O)OC)=C(\C)N. The maximum atomic E-state index is 11.7. The van der Waals surface area contributed by atoms with E-state index >= 15 is 0 Å². The predicted molar refractivity (Wildman–Crippen MR) is 69.5 cm³/mol. The van der Waals surface area contributed by atoms with Gasteiger partial charge in [-0.1, -0.05) is 11.6 Å². The van der Waals surface area contributed by atoms with Crippen LogP contribution in [-0.2, 0) is 9.53 Å². The molecule has 5 heteroatoms. The molecule has 0 saturated carbocycles. The molecule has 0 radical (unpaired) electrons. The molecule has 4 nitrogen and oxygen atoms in total. The Bertz CT molecular complexity index is 491. The highest BCUT2D eigenvalue weighted by atomic mass is 35.5. The number of nitrogens with zero attached hydrogens (tertiary/aromatic N) is 1. The van der Waals surface area contributed by atoms with Crippen molar-refractivity contribution in [1.29, 1.82) is 0 Å². The first-order valence-electron chi connectivity index (χ1n) is 4.82. The second-order valence-corrected chi connectivity index (χ2v) is 3.81. The Morgan fingerprint density at radius 2 is 2.18 bits per heavy atom. The van der Waals surface area contributed by atoms with Gasteiger partial charge in [0, 0.05) is 16.3 Å². The van der Waals surface area contributed by atoms with Crippen molar-refractivity contribution in [2.45, 2.75) is 6.92 Å². The van der Waals surface area contributed by atoms with Crippen molar-refractivity contribution in [3.05, 3.63) is 34.5 Å². The molecular weight excluding hydrogens is 240 g/mol. The summed E-state index contributed by atoms with van der Waals surface area (Å²) in [5, 5.41) is 0.482. The van der Waals surface area contributed by atoms with E-state index in [4.69, 9.17) is 17.3 Å². The van der Waals surface area contributed by atoms with E-state index in [0.29, 0.717) is 22.0 Å². The number of rotatable bonds is 3. The minimum Gasteiger partial charge on any atom is -0.465 e. The van der Waals surface area contributed by atoms with Crippen LogP contribution in [0.2, 0.25) is 5.02 Å². The van der Waals surface area contributed by atoms with Crippen molar-refractivity contribution in [3.8, 4) is 0 Å². The number of halogens is 1. The molecule has 0 bridgehead atoms. The molecule has 0 aliphatic rings. The summed E-state index contributed by atoms with van der Waals surface area (Å²) < 4.78 is 4.69. The molecule has 90 valence electrons. The van der Waals surface area contributed by atoms with Crippen LogP contribution in [0.4, 0.5) is 5.69 Å². The summed E-state index contributed by atoms with van der Waals surface area (Å²) >= 11 is 5.89. The molecule has 0 fully saturated rings. The molecular formula is C12H13ClN2O2. The third-order valence-electron chi connectivity index (χ3n) is 2.18. The summed E-state index contributed by atoms with van der Waals surface area (Å²) in [6.45, 7) is 5.05. The van der Waals surface area contributed by atoms with E-state index in [9.17, 15) is 4.79 Å². The van der Waals surface area contributed by atoms with E-state index in [-0.39, 0.29) is 5.57 Å². The van der Waals surface area contributed by atoms with Gasteiger partial charge in [-0.15, -0.1) is 0 Å². The van der Waals surface area contributed by atoms with Crippen LogP contribution >= 0.6 is 11.6 Å². The van der Waals surface area contributed by atoms with Crippen LogP contribution < -0.4 is 5.73 Å². The summed E-state index contributed by atoms with van der Waals surface area (Å²) in [6, 6.07) is 4.93. The number of carbonyl (C=O) groups is 1. The molecule has 17 heavy (non-hydrogen) atoms. The minimum absolute atomic E-state index is 0.248. The molecule has 0 spiro atoms. The first kappa shape index (κ1) is 13.3. The highest BCUT2D eigenvalue weighted by Gasteiger charge is 2.18. The molecule has 0 atom stereocenters. The van der Waals surface area contributed by atoms with E-state index < -0.39 is 5.97 Å². The number of allylic oxidation sites excluding steroid dienone is 1. The van der Waals surface area contributed by atoms with Crippen LogP contribution in [-0.4, -0.2) is 19.8 Å². The third kappa shape index (κ3) is 2.85. The maximum absolute atomic E-state index is 11.7. The molecule has 1 rings (SSSR count). The van der Waals surface area contributed by atoms with E-state index in [2.05, 4.69) is 16.4 Å². The van der Waals surface area contributed by atoms with Crippen LogP contribution in [0.3, 0.4) is 0 Å².